The molecule has 0 saturated heterocycles. The fourth-order valence-corrected chi connectivity index (χ4v) is 1.16. The minimum absolute atomic E-state index is 0. The van der Waals surface area contributed by atoms with E-state index < -0.39 is 18.1 Å². The van der Waals surface area contributed by atoms with Crippen LogP contribution in [0.1, 0.15) is 0 Å². The number of thiol groups is 1. The Labute approximate surface area is 94.5 Å². The van der Waals surface area contributed by atoms with Gasteiger partial charge in [-0.3, -0.25) is 4.90 Å². The molecule has 0 spiro atoms. The molecule has 14 heavy (non-hydrogen) atoms. The van der Waals surface area contributed by atoms with Gasteiger partial charge >= 0.3 is 12.1 Å². The van der Waals surface area contributed by atoms with Crippen LogP contribution in [0.25, 0.3) is 0 Å². The van der Waals surface area contributed by atoms with E-state index in [-0.39, 0.29) is 18.2 Å². The molecule has 0 radical (unpaired) electrons. The summed E-state index contributed by atoms with van der Waals surface area (Å²) < 4.78 is 8.92. The number of carbonyl (C=O) groups excluding carboxylic acids is 2. The monoisotopic (exact) mass is 243 g/mol. The van der Waals surface area contributed by atoms with Crippen molar-refractivity contribution in [2.45, 2.75) is 6.04 Å². The van der Waals surface area contributed by atoms with Crippen molar-refractivity contribution in [2.75, 3.05) is 27.0 Å². The second kappa shape index (κ2) is 7.75. The third-order valence-electron chi connectivity index (χ3n) is 1.58. The lowest BCUT2D eigenvalue weighted by molar-refractivity contribution is -0.145. The first-order valence-electron chi connectivity index (χ1n) is 3.58. The van der Waals surface area contributed by atoms with Crippen molar-refractivity contribution < 1.29 is 19.1 Å². The van der Waals surface area contributed by atoms with Gasteiger partial charge in [-0.1, -0.05) is 0 Å². The predicted octanol–water partition coefficient (Wildman–Crippen LogP) is 0.578. The van der Waals surface area contributed by atoms with Crippen LogP contribution in [-0.2, 0) is 14.3 Å². The summed E-state index contributed by atoms with van der Waals surface area (Å²) in [4.78, 5) is 23.2. The summed E-state index contributed by atoms with van der Waals surface area (Å²) in [6.07, 6.45) is -0.593. The molecule has 0 aliphatic carbocycles. The van der Waals surface area contributed by atoms with Crippen molar-refractivity contribution in [3.8, 4) is 0 Å². The van der Waals surface area contributed by atoms with Crippen molar-refractivity contribution in [1.29, 1.82) is 0 Å². The second-order valence-corrected chi connectivity index (χ2v) is 2.67. The van der Waals surface area contributed by atoms with Crippen LogP contribution < -0.4 is 0 Å². The average Bonchev–Trinajstić information content (AvgIpc) is 2.17. The molecule has 0 unspecified atom stereocenters. The molecule has 5 nitrogen and oxygen atoms in total. The number of esters is 1. The molecule has 0 aliphatic rings. The number of likely N-dealkylation sites (N-methyl/N-ethyl adjacent to an activating group) is 1. The number of hydrogen-bond donors (Lipinski definition) is 1. The van der Waals surface area contributed by atoms with Crippen LogP contribution in [0.3, 0.4) is 0 Å². The zero-order valence-corrected chi connectivity index (χ0v) is 9.93. The second-order valence-electron chi connectivity index (χ2n) is 2.30. The molecule has 1 atom stereocenters. The van der Waals surface area contributed by atoms with Gasteiger partial charge in [0.25, 0.3) is 0 Å². The fraction of sp³-hybridized carbons (Fsp3) is 0.714. The summed E-state index contributed by atoms with van der Waals surface area (Å²) in [5.74, 6) is -0.318. The third-order valence-corrected chi connectivity index (χ3v) is 1.92. The van der Waals surface area contributed by atoms with E-state index in [2.05, 4.69) is 22.1 Å². The Morgan fingerprint density at radius 2 is 1.86 bits per heavy atom. The SMILES string of the molecule is COC(=O)[C@@H](CS)N(C)C(=O)OC.Cl. The lowest BCUT2D eigenvalue weighted by Crippen LogP contribution is -2.44. The normalized spacial score (nSPS) is 10.9. The van der Waals surface area contributed by atoms with Gasteiger partial charge in [0.05, 0.1) is 14.2 Å². The molecule has 0 fully saturated rings. The zero-order valence-electron chi connectivity index (χ0n) is 8.22. The Morgan fingerprint density at radius 3 is 2.14 bits per heavy atom. The van der Waals surface area contributed by atoms with Crippen molar-refractivity contribution in [1.82, 2.24) is 4.90 Å². The summed E-state index contributed by atoms with van der Waals surface area (Å²) in [5.41, 5.74) is 0. The zero-order chi connectivity index (χ0) is 10.4. The van der Waals surface area contributed by atoms with E-state index in [9.17, 15) is 9.59 Å². The largest absolute Gasteiger partial charge is 0.467 e. The van der Waals surface area contributed by atoms with Crippen LogP contribution in [0.2, 0.25) is 0 Å². The molecule has 0 heterocycles. The smallest absolute Gasteiger partial charge is 0.409 e. The summed E-state index contributed by atoms with van der Waals surface area (Å²) in [6, 6.07) is -0.708. The van der Waals surface area contributed by atoms with Gasteiger partial charge in [0.1, 0.15) is 6.04 Å². The number of methoxy groups -OCH3 is 2. The van der Waals surface area contributed by atoms with E-state index in [4.69, 9.17) is 0 Å². The first kappa shape index (κ1) is 15.8. The highest BCUT2D eigenvalue weighted by atomic mass is 35.5. The standard InChI is InChI=1S/C7H13NO4S.ClH/c1-8(7(10)12-3)5(4-13)6(9)11-2;/h5,13H,4H2,1-3H3;1H/t5-;/m1./s1. The van der Waals surface area contributed by atoms with E-state index in [1.54, 1.807) is 0 Å². The van der Waals surface area contributed by atoms with Crippen molar-refractivity contribution in [3.05, 3.63) is 0 Å². The lowest BCUT2D eigenvalue weighted by Gasteiger charge is -2.22. The highest BCUT2D eigenvalue weighted by Gasteiger charge is 2.26. The molecule has 0 bridgehead atoms. The number of amides is 1. The number of halogens is 1. The molecule has 84 valence electrons. The summed E-state index contributed by atoms with van der Waals surface area (Å²) in [7, 11) is 3.94. The Balaban J connectivity index is 0. The van der Waals surface area contributed by atoms with Gasteiger partial charge in [-0.15, -0.1) is 12.4 Å². The quantitative estimate of drug-likeness (QED) is 0.582. The van der Waals surface area contributed by atoms with Crippen LogP contribution in [0.15, 0.2) is 0 Å². The van der Waals surface area contributed by atoms with E-state index in [0.717, 1.165) is 4.90 Å². The van der Waals surface area contributed by atoms with Crippen LogP contribution in [-0.4, -0.2) is 50.0 Å². The predicted molar refractivity (Wildman–Crippen MR) is 57.1 cm³/mol. The van der Waals surface area contributed by atoms with Crippen molar-refractivity contribution in [2.24, 2.45) is 0 Å². The van der Waals surface area contributed by atoms with Gasteiger partial charge in [-0.05, 0) is 0 Å². The highest BCUT2D eigenvalue weighted by molar-refractivity contribution is 7.80. The maximum atomic E-state index is 11.1. The average molecular weight is 244 g/mol. The van der Waals surface area contributed by atoms with Crippen molar-refractivity contribution >= 4 is 37.1 Å². The lowest BCUT2D eigenvalue weighted by atomic mass is 10.3. The molecule has 0 aromatic carbocycles. The van der Waals surface area contributed by atoms with Crippen LogP contribution >= 0.6 is 25.0 Å². The summed E-state index contributed by atoms with van der Waals surface area (Å²) in [6.45, 7) is 0. The number of hydrogen-bond acceptors (Lipinski definition) is 5. The van der Waals surface area contributed by atoms with Gasteiger partial charge in [0.2, 0.25) is 0 Å². The topological polar surface area (TPSA) is 55.8 Å². The van der Waals surface area contributed by atoms with E-state index in [0.29, 0.717) is 0 Å². The van der Waals surface area contributed by atoms with Crippen LogP contribution in [0.4, 0.5) is 4.79 Å². The van der Waals surface area contributed by atoms with Crippen LogP contribution in [0.5, 0.6) is 0 Å². The van der Waals surface area contributed by atoms with Gasteiger partial charge in [0, 0.05) is 12.8 Å². The van der Waals surface area contributed by atoms with Crippen molar-refractivity contribution in [3.63, 3.8) is 0 Å². The number of nitrogens with zero attached hydrogens (tertiary/aromatic N) is 1. The minimum atomic E-state index is -0.708. The molecule has 0 rings (SSSR count). The third kappa shape index (κ3) is 4.06. The van der Waals surface area contributed by atoms with Gasteiger partial charge in [0.15, 0.2) is 0 Å². The molecule has 0 aliphatic heterocycles. The molecule has 0 N–H and O–H groups in total. The number of rotatable bonds is 3. The summed E-state index contributed by atoms with van der Waals surface area (Å²) in [5, 5.41) is 0. The van der Waals surface area contributed by atoms with Gasteiger partial charge in [-0.25, -0.2) is 9.59 Å². The molecule has 0 aromatic heterocycles. The number of ether oxygens (including phenoxy) is 2. The molecular weight excluding hydrogens is 230 g/mol. The van der Waals surface area contributed by atoms with E-state index in [1.807, 2.05) is 0 Å². The van der Waals surface area contributed by atoms with Gasteiger partial charge < -0.3 is 9.47 Å². The fourth-order valence-electron chi connectivity index (χ4n) is 0.762. The van der Waals surface area contributed by atoms with E-state index >= 15 is 0 Å². The van der Waals surface area contributed by atoms with Gasteiger partial charge in [-0.2, -0.15) is 12.6 Å². The molecular formula is C7H14ClNO4S. The molecule has 0 saturated carbocycles. The van der Waals surface area contributed by atoms with E-state index in [1.165, 1.54) is 21.3 Å². The molecule has 7 heteroatoms. The Bertz CT molecular complexity index is 202. The Morgan fingerprint density at radius 1 is 1.36 bits per heavy atom. The first-order valence-corrected chi connectivity index (χ1v) is 4.21. The number of carbonyl (C=O) groups is 2. The van der Waals surface area contributed by atoms with Crippen LogP contribution in [0, 0.1) is 0 Å². The molecule has 1 amide bonds. The minimum Gasteiger partial charge on any atom is -0.467 e. The molecule has 0 aromatic rings. The summed E-state index contributed by atoms with van der Waals surface area (Å²) >= 11 is 3.93. The first-order chi connectivity index (χ1) is 6.08. The Kier molecular flexibility index (Phi) is 8.77. The maximum absolute atomic E-state index is 11.1. The maximum Gasteiger partial charge on any atom is 0.409 e. The highest BCUT2D eigenvalue weighted by Crippen LogP contribution is 2.03. The Hall–Kier alpha value is -0.620.